The van der Waals surface area contributed by atoms with Crippen molar-refractivity contribution < 1.29 is 18.0 Å². The summed E-state index contributed by atoms with van der Waals surface area (Å²) >= 11 is 1.12. The van der Waals surface area contributed by atoms with E-state index in [1.54, 1.807) is 0 Å². The minimum Gasteiger partial charge on any atom is -0.468 e. The molecule has 0 aliphatic carbocycles. The molecular formula is C14H23O5PS. The maximum atomic E-state index is 12.7. The standard InChI is InChI=1S/C14H23O5PS/c1-3-5-6-7-9-18-20(16,21-11-4-2)19-14-12-17-10-8-13(14)15/h8,10,12H,3-7,9,11H2,1-2H3. The highest BCUT2D eigenvalue weighted by Gasteiger charge is 2.28. The summed E-state index contributed by atoms with van der Waals surface area (Å²) < 4.78 is 28.3. The van der Waals surface area contributed by atoms with E-state index < -0.39 is 6.80 Å². The second-order valence-electron chi connectivity index (χ2n) is 4.55. The van der Waals surface area contributed by atoms with E-state index in [-0.39, 0.29) is 11.2 Å². The van der Waals surface area contributed by atoms with Crippen LogP contribution in [-0.2, 0) is 9.09 Å². The van der Waals surface area contributed by atoms with Crippen molar-refractivity contribution in [3.63, 3.8) is 0 Å². The second kappa shape index (κ2) is 10.1. The van der Waals surface area contributed by atoms with Crippen LogP contribution in [0.3, 0.4) is 0 Å². The predicted octanol–water partition coefficient (Wildman–Crippen LogP) is 4.87. The molecule has 0 radical (unpaired) electrons. The summed E-state index contributed by atoms with van der Waals surface area (Å²) in [7, 11) is 0. The van der Waals surface area contributed by atoms with Gasteiger partial charge >= 0.3 is 6.80 Å². The smallest absolute Gasteiger partial charge is 0.440 e. The molecule has 0 spiro atoms. The van der Waals surface area contributed by atoms with E-state index in [1.165, 1.54) is 12.3 Å². The predicted molar refractivity (Wildman–Crippen MR) is 86.1 cm³/mol. The summed E-state index contributed by atoms with van der Waals surface area (Å²) in [6, 6.07) is 1.23. The minimum atomic E-state index is -3.38. The van der Waals surface area contributed by atoms with Crippen molar-refractivity contribution in [1.29, 1.82) is 0 Å². The maximum Gasteiger partial charge on any atom is 0.440 e. The van der Waals surface area contributed by atoms with Gasteiger partial charge in [0.2, 0.25) is 11.2 Å². The molecule has 1 heterocycles. The highest BCUT2D eigenvalue weighted by molar-refractivity contribution is 8.55. The molecule has 0 aromatic carbocycles. The van der Waals surface area contributed by atoms with Crippen LogP contribution in [0.2, 0.25) is 0 Å². The molecule has 0 N–H and O–H groups in total. The molecule has 0 aliphatic rings. The molecule has 1 unspecified atom stereocenters. The largest absolute Gasteiger partial charge is 0.468 e. The van der Waals surface area contributed by atoms with E-state index in [1.807, 2.05) is 6.92 Å². The van der Waals surface area contributed by atoms with E-state index in [0.717, 1.165) is 49.7 Å². The van der Waals surface area contributed by atoms with Crippen molar-refractivity contribution in [2.45, 2.75) is 46.0 Å². The fourth-order valence-corrected chi connectivity index (χ4v) is 4.91. The number of rotatable bonds is 11. The van der Waals surface area contributed by atoms with Crippen molar-refractivity contribution in [3.05, 3.63) is 28.8 Å². The highest BCUT2D eigenvalue weighted by atomic mass is 32.7. The first-order valence-corrected chi connectivity index (χ1v) is 10.4. The summed E-state index contributed by atoms with van der Waals surface area (Å²) in [5.74, 6) is 0.572. The molecule has 0 saturated carbocycles. The van der Waals surface area contributed by atoms with Gasteiger partial charge in [-0.3, -0.25) is 9.32 Å². The van der Waals surface area contributed by atoms with Crippen LogP contribution in [0.15, 0.2) is 27.8 Å². The van der Waals surface area contributed by atoms with Crippen molar-refractivity contribution in [2.24, 2.45) is 0 Å². The molecule has 5 nitrogen and oxygen atoms in total. The summed E-state index contributed by atoms with van der Waals surface area (Å²) in [6.07, 6.45) is 7.37. The molecule has 0 amide bonds. The molecule has 0 bridgehead atoms. The van der Waals surface area contributed by atoms with Gasteiger partial charge in [-0.25, -0.2) is 4.57 Å². The van der Waals surface area contributed by atoms with Crippen molar-refractivity contribution in [2.75, 3.05) is 12.4 Å². The first-order chi connectivity index (χ1) is 10.1. The third-order valence-corrected chi connectivity index (χ3v) is 6.49. The van der Waals surface area contributed by atoms with E-state index in [2.05, 4.69) is 6.92 Å². The average molecular weight is 334 g/mol. The summed E-state index contributed by atoms with van der Waals surface area (Å²) in [5.41, 5.74) is -0.367. The van der Waals surface area contributed by atoms with Gasteiger partial charge in [0.1, 0.15) is 6.26 Å². The minimum absolute atomic E-state index is 0.0713. The van der Waals surface area contributed by atoms with E-state index in [9.17, 15) is 9.36 Å². The first-order valence-electron chi connectivity index (χ1n) is 7.26. The Balaban J connectivity index is 2.63. The normalized spacial score (nSPS) is 13.8. The molecule has 1 atom stereocenters. The van der Waals surface area contributed by atoms with Crippen LogP contribution in [0.5, 0.6) is 5.75 Å². The van der Waals surface area contributed by atoms with Crippen LogP contribution < -0.4 is 9.95 Å². The molecule has 0 fully saturated rings. The zero-order valence-corrected chi connectivity index (χ0v) is 14.3. The topological polar surface area (TPSA) is 65.7 Å². The molecule has 1 aromatic heterocycles. The van der Waals surface area contributed by atoms with Crippen LogP contribution in [0.25, 0.3) is 0 Å². The van der Waals surface area contributed by atoms with Crippen molar-refractivity contribution in [1.82, 2.24) is 0 Å². The number of unbranched alkanes of at least 4 members (excludes halogenated alkanes) is 3. The van der Waals surface area contributed by atoms with Crippen LogP contribution in [0.4, 0.5) is 0 Å². The Kier molecular flexibility index (Phi) is 8.81. The Morgan fingerprint density at radius 3 is 2.71 bits per heavy atom. The monoisotopic (exact) mass is 334 g/mol. The summed E-state index contributed by atoms with van der Waals surface area (Å²) in [6.45, 7) is 1.10. The van der Waals surface area contributed by atoms with E-state index >= 15 is 0 Å². The highest BCUT2D eigenvalue weighted by Crippen LogP contribution is 2.59. The summed E-state index contributed by atoms with van der Waals surface area (Å²) in [4.78, 5) is 11.6. The average Bonchev–Trinajstić information content (AvgIpc) is 2.48. The Morgan fingerprint density at radius 2 is 2.05 bits per heavy atom. The lowest BCUT2D eigenvalue weighted by Gasteiger charge is -2.17. The molecule has 0 aliphatic heterocycles. The van der Waals surface area contributed by atoms with Crippen LogP contribution in [0.1, 0.15) is 46.0 Å². The number of hydrogen-bond donors (Lipinski definition) is 0. The molecule has 21 heavy (non-hydrogen) atoms. The Morgan fingerprint density at radius 1 is 1.24 bits per heavy atom. The third-order valence-electron chi connectivity index (χ3n) is 2.63. The number of hydrogen-bond acceptors (Lipinski definition) is 6. The Bertz CT molecular complexity index is 502. The van der Waals surface area contributed by atoms with Crippen molar-refractivity contribution in [3.8, 4) is 5.75 Å². The second-order valence-corrected chi connectivity index (χ2v) is 8.67. The Hall–Kier alpha value is -0.710. The van der Waals surface area contributed by atoms with Gasteiger partial charge in [0.05, 0.1) is 12.9 Å². The SMILES string of the molecule is CCCCCCOP(=O)(Oc1coccc1=O)SCCC. The van der Waals surface area contributed by atoms with Gasteiger partial charge in [-0.2, -0.15) is 0 Å². The molecule has 7 heteroatoms. The first kappa shape index (κ1) is 18.3. The van der Waals surface area contributed by atoms with Gasteiger partial charge in [0.25, 0.3) is 0 Å². The fraction of sp³-hybridized carbons (Fsp3) is 0.643. The van der Waals surface area contributed by atoms with Gasteiger partial charge < -0.3 is 8.94 Å². The molecule has 120 valence electrons. The van der Waals surface area contributed by atoms with Crippen LogP contribution in [-0.4, -0.2) is 12.4 Å². The fourth-order valence-electron chi connectivity index (χ4n) is 1.53. The van der Waals surface area contributed by atoms with E-state index in [0.29, 0.717) is 12.4 Å². The maximum absolute atomic E-state index is 12.7. The van der Waals surface area contributed by atoms with Crippen LogP contribution in [0, 0.1) is 0 Å². The Labute approximate surface area is 129 Å². The lowest BCUT2D eigenvalue weighted by Crippen LogP contribution is -2.06. The van der Waals surface area contributed by atoms with Gasteiger partial charge in [0, 0.05) is 11.8 Å². The van der Waals surface area contributed by atoms with Crippen molar-refractivity contribution >= 4 is 18.2 Å². The molecule has 0 saturated heterocycles. The molecular weight excluding hydrogens is 311 g/mol. The quantitative estimate of drug-likeness (QED) is 0.425. The zero-order valence-electron chi connectivity index (χ0n) is 12.6. The third kappa shape index (κ3) is 7.21. The lowest BCUT2D eigenvalue weighted by atomic mass is 10.2. The van der Waals surface area contributed by atoms with E-state index in [4.69, 9.17) is 13.5 Å². The van der Waals surface area contributed by atoms with Gasteiger partial charge in [-0.15, -0.1) is 0 Å². The zero-order chi connectivity index (χ0) is 15.6. The lowest BCUT2D eigenvalue weighted by molar-refractivity contribution is 0.270. The van der Waals surface area contributed by atoms with Gasteiger partial charge in [-0.1, -0.05) is 33.1 Å². The molecule has 1 aromatic rings. The van der Waals surface area contributed by atoms with Gasteiger partial charge in [-0.05, 0) is 24.2 Å². The summed E-state index contributed by atoms with van der Waals surface area (Å²) in [5, 5.41) is 0. The van der Waals surface area contributed by atoms with Crippen LogP contribution >= 0.6 is 18.2 Å². The molecule has 1 rings (SSSR count). The van der Waals surface area contributed by atoms with Gasteiger partial charge in [0.15, 0.2) is 0 Å².